The topological polar surface area (TPSA) is 67.7 Å². The van der Waals surface area contributed by atoms with Crippen LogP contribution in [0.5, 0.6) is 0 Å². The van der Waals surface area contributed by atoms with Crippen LogP contribution in [0.15, 0.2) is 48.7 Å². The van der Waals surface area contributed by atoms with Crippen molar-refractivity contribution >= 4 is 17.7 Å². The summed E-state index contributed by atoms with van der Waals surface area (Å²) < 4.78 is 48.9. The van der Waals surface area contributed by atoms with Gasteiger partial charge in [-0.25, -0.2) is 4.79 Å². The highest BCUT2D eigenvalue weighted by Gasteiger charge is 2.40. The molecule has 5 rings (SSSR count). The Kier molecular flexibility index (Phi) is 5.57. The SMILES string of the molecule is CC(C)(C)OC(=O)N1Cc2cn(Cc3cc4c(c(C(F)(F)F)c3)CN(c3ccccc3)C4=O)nc2C1. The third-order valence-corrected chi connectivity index (χ3v) is 6.10. The molecule has 0 aliphatic carbocycles. The van der Waals surface area contributed by atoms with Crippen molar-refractivity contribution in [2.24, 2.45) is 0 Å². The Morgan fingerprint density at radius 2 is 1.78 bits per heavy atom. The highest BCUT2D eigenvalue weighted by atomic mass is 19.4. The highest BCUT2D eigenvalue weighted by molar-refractivity contribution is 6.10. The van der Waals surface area contributed by atoms with E-state index >= 15 is 0 Å². The van der Waals surface area contributed by atoms with Gasteiger partial charge in [0, 0.05) is 23.0 Å². The molecule has 0 spiro atoms. The van der Waals surface area contributed by atoms with E-state index in [-0.39, 0.29) is 30.8 Å². The maximum absolute atomic E-state index is 14.0. The van der Waals surface area contributed by atoms with Crippen LogP contribution in [0.4, 0.5) is 23.7 Å². The van der Waals surface area contributed by atoms with Crippen LogP contribution in [0.25, 0.3) is 0 Å². The number of aromatic nitrogens is 2. The van der Waals surface area contributed by atoms with Gasteiger partial charge in [-0.2, -0.15) is 18.3 Å². The first-order chi connectivity index (χ1) is 16.9. The smallest absolute Gasteiger partial charge is 0.416 e. The fraction of sp³-hybridized carbons (Fsp3) is 0.346. The van der Waals surface area contributed by atoms with E-state index in [2.05, 4.69) is 5.10 Å². The Morgan fingerprint density at radius 1 is 1.06 bits per heavy atom. The average molecular weight is 499 g/mol. The van der Waals surface area contributed by atoms with Gasteiger partial charge in [0.25, 0.3) is 5.91 Å². The average Bonchev–Trinajstić information content (AvgIpc) is 3.44. The second-order valence-corrected chi connectivity index (χ2v) is 10.0. The van der Waals surface area contributed by atoms with Crippen molar-refractivity contribution in [3.63, 3.8) is 0 Å². The van der Waals surface area contributed by atoms with E-state index in [9.17, 15) is 22.8 Å². The van der Waals surface area contributed by atoms with Gasteiger partial charge in [-0.3, -0.25) is 14.4 Å². The Hall–Kier alpha value is -3.82. The van der Waals surface area contributed by atoms with Crippen LogP contribution in [0.3, 0.4) is 0 Å². The molecule has 0 bridgehead atoms. The van der Waals surface area contributed by atoms with E-state index in [1.54, 1.807) is 62.0 Å². The number of hydrogen-bond acceptors (Lipinski definition) is 4. The summed E-state index contributed by atoms with van der Waals surface area (Å²) in [6.45, 7) is 5.87. The third-order valence-electron chi connectivity index (χ3n) is 6.10. The number of amides is 2. The molecule has 3 heterocycles. The molecule has 2 aliphatic rings. The quantitative estimate of drug-likeness (QED) is 0.488. The van der Waals surface area contributed by atoms with Gasteiger partial charge < -0.3 is 9.64 Å². The van der Waals surface area contributed by atoms with Crippen LogP contribution in [0, 0.1) is 0 Å². The van der Waals surface area contributed by atoms with Gasteiger partial charge in [-0.05, 0) is 56.2 Å². The molecule has 36 heavy (non-hydrogen) atoms. The molecule has 0 atom stereocenters. The van der Waals surface area contributed by atoms with Gasteiger partial charge in [0.15, 0.2) is 0 Å². The standard InChI is InChI=1S/C26H25F3N4O3/c1-25(2,3)36-24(35)31-12-17-13-32(30-22(17)15-31)11-16-9-19-20(21(10-16)26(27,28)29)14-33(23(19)34)18-7-5-4-6-8-18/h4-10,13H,11-12,14-15H2,1-3H3. The first-order valence-electron chi connectivity index (χ1n) is 11.5. The number of ether oxygens (including phenoxy) is 1. The van der Waals surface area contributed by atoms with E-state index in [1.807, 2.05) is 0 Å². The molecule has 7 nitrogen and oxygen atoms in total. The van der Waals surface area contributed by atoms with Crippen molar-refractivity contribution < 1.29 is 27.5 Å². The molecule has 0 saturated carbocycles. The number of hydrogen-bond donors (Lipinski definition) is 0. The second-order valence-electron chi connectivity index (χ2n) is 10.0. The molecule has 10 heteroatoms. The fourth-order valence-electron chi connectivity index (χ4n) is 4.56. The van der Waals surface area contributed by atoms with Crippen molar-refractivity contribution in [2.45, 2.75) is 58.7 Å². The zero-order chi connectivity index (χ0) is 25.8. The summed E-state index contributed by atoms with van der Waals surface area (Å²) in [7, 11) is 0. The molecular weight excluding hydrogens is 473 g/mol. The summed E-state index contributed by atoms with van der Waals surface area (Å²) in [5.74, 6) is -0.459. The molecule has 3 aromatic rings. The number of rotatable bonds is 3. The van der Waals surface area contributed by atoms with Crippen molar-refractivity contribution in [1.29, 1.82) is 0 Å². The number of fused-ring (bicyclic) bond motifs is 2. The predicted octanol–water partition coefficient (Wildman–Crippen LogP) is 5.36. The summed E-state index contributed by atoms with van der Waals surface area (Å²) in [4.78, 5) is 28.3. The number of halogens is 3. The van der Waals surface area contributed by atoms with Crippen LogP contribution in [-0.4, -0.2) is 32.3 Å². The molecule has 0 radical (unpaired) electrons. The van der Waals surface area contributed by atoms with Crippen LogP contribution in [-0.2, 0) is 37.1 Å². The molecule has 2 aromatic carbocycles. The first-order valence-corrected chi connectivity index (χ1v) is 11.5. The number of nitrogens with zero attached hydrogens (tertiary/aromatic N) is 4. The molecule has 2 amide bonds. The zero-order valence-electron chi connectivity index (χ0n) is 20.1. The van der Waals surface area contributed by atoms with Crippen LogP contribution >= 0.6 is 0 Å². The van der Waals surface area contributed by atoms with Gasteiger partial charge in [-0.1, -0.05) is 18.2 Å². The number of anilines is 1. The monoisotopic (exact) mass is 498 g/mol. The Balaban J connectivity index is 1.39. The number of carbonyl (C=O) groups is 2. The molecule has 0 N–H and O–H groups in total. The number of carbonyl (C=O) groups excluding carboxylic acids is 2. The van der Waals surface area contributed by atoms with E-state index in [0.717, 1.165) is 11.6 Å². The maximum Gasteiger partial charge on any atom is 0.416 e. The summed E-state index contributed by atoms with van der Waals surface area (Å²) in [5, 5.41) is 4.47. The van der Waals surface area contributed by atoms with Gasteiger partial charge in [0.2, 0.25) is 0 Å². The van der Waals surface area contributed by atoms with Gasteiger partial charge in [0.05, 0.1) is 37.4 Å². The fourth-order valence-corrected chi connectivity index (χ4v) is 4.56. The lowest BCUT2D eigenvalue weighted by molar-refractivity contribution is -0.138. The highest BCUT2D eigenvalue weighted by Crippen LogP contribution is 2.39. The summed E-state index contributed by atoms with van der Waals surface area (Å²) in [6.07, 6.45) is -3.33. The van der Waals surface area contributed by atoms with Crippen LogP contribution in [0.1, 0.15) is 59.1 Å². The zero-order valence-corrected chi connectivity index (χ0v) is 20.1. The van der Waals surface area contributed by atoms with E-state index < -0.39 is 29.3 Å². The lowest BCUT2D eigenvalue weighted by atomic mass is 9.99. The Labute approximate surface area is 206 Å². The van der Waals surface area contributed by atoms with Crippen LogP contribution in [0.2, 0.25) is 0 Å². The number of alkyl halides is 3. The third kappa shape index (κ3) is 4.55. The lowest BCUT2D eigenvalue weighted by Gasteiger charge is -2.24. The normalized spacial score (nSPS) is 15.3. The van der Waals surface area contributed by atoms with Gasteiger partial charge in [0.1, 0.15) is 5.60 Å². The minimum absolute atomic E-state index is 0.0175. The second kappa shape index (κ2) is 8.39. The lowest BCUT2D eigenvalue weighted by Crippen LogP contribution is -2.33. The Morgan fingerprint density at radius 3 is 2.42 bits per heavy atom. The number of para-hydroxylation sites is 1. The van der Waals surface area contributed by atoms with E-state index in [0.29, 0.717) is 23.5 Å². The van der Waals surface area contributed by atoms with Crippen molar-refractivity contribution in [3.8, 4) is 0 Å². The molecule has 0 fully saturated rings. The first kappa shape index (κ1) is 23.9. The predicted molar refractivity (Wildman–Crippen MR) is 125 cm³/mol. The molecule has 188 valence electrons. The molecule has 1 aromatic heterocycles. The van der Waals surface area contributed by atoms with E-state index in [1.165, 1.54) is 15.9 Å². The van der Waals surface area contributed by atoms with Crippen LogP contribution < -0.4 is 4.90 Å². The summed E-state index contributed by atoms with van der Waals surface area (Å²) in [5.41, 5.74) is 0.969. The van der Waals surface area contributed by atoms with Gasteiger partial charge in [-0.15, -0.1) is 0 Å². The minimum atomic E-state index is -4.60. The largest absolute Gasteiger partial charge is 0.444 e. The molecule has 0 saturated heterocycles. The number of benzene rings is 2. The molecule has 0 unspecified atom stereocenters. The van der Waals surface area contributed by atoms with E-state index in [4.69, 9.17) is 4.74 Å². The molecular formula is C26H25F3N4O3. The minimum Gasteiger partial charge on any atom is -0.444 e. The summed E-state index contributed by atoms with van der Waals surface area (Å²) in [6, 6.07) is 11.3. The molecule has 2 aliphatic heterocycles. The van der Waals surface area contributed by atoms with Crippen molar-refractivity contribution in [3.05, 3.63) is 82.2 Å². The van der Waals surface area contributed by atoms with Crippen molar-refractivity contribution in [1.82, 2.24) is 14.7 Å². The Bertz CT molecular complexity index is 1320. The van der Waals surface area contributed by atoms with Gasteiger partial charge >= 0.3 is 12.3 Å². The maximum atomic E-state index is 14.0. The summed E-state index contributed by atoms with van der Waals surface area (Å²) >= 11 is 0. The van der Waals surface area contributed by atoms with Crippen molar-refractivity contribution in [2.75, 3.05) is 4.90 Å².